The molecule has 0 N–H and O–H groups in total. The fourth-order valence-electron chi connectivity index (χ4n) is 1.64. The van der Waals surface area contributed by atoms with Gasteiger partial charge in [-0.2, -0.15) is 0 Å². The summed E-state index contributed by atoms with van der Waals surface area (Å²) in [7, 11) is 4.76. The Kier molecular flexibility index (Phi) is 9.64. The second-order valence-corrected chi connectivity index (χ2v) is 3.36. The van der Waals surface area contributed by atoms with E-state index in [1.54, 1.807) is 6.07 Å². The van der Waals surface area contributed by atoms with Crippen molar-refractivity contribution in [3.05, 3.63) is 23.2 Å². The van der Waals surface area contributed by atoms with Gasteiger partial charge in [0.1, 0.15) is 0 Å². The van der Waals surface area contributed by atoms with Crippen LogP contribution in [0.2, 0.25) is 0 Å². The van der Waals surface area contributed by atoms with Gasteiger partial charge in [-0.25, -0.2) is 0 Å². The van der Waals surface area contributed by atoms with Crippen molar-refractivity contribution in [2.24, 2.45) is 0 Å². The van der Waals surface area contributed by atoms with Gasteiger partial charge >= 0.3 is 32.7 Å². The molecular weight excluding hydrogens is 303 g/mol. The first-order valence-corrected chi connectivity index (χ1v) is 9.80. The number of hydrogen-bond acceptors (Lipinski definition) is 3. The average Bonchev–Trinajstić information content (AvgIpc) is 2.43. The summed E-state index contributed by atoms with van der Waals surface area (Å²) in [5.41, 5.74) is 1.55. The van der Waals surface area contributed by atoms with Gasteiger partial charge in [0, 0.05) is 30.9 Å². The van der Waals surface area contributed by atoms with Gasteiger partial charge in [0.25, 0.3) is 0 Å². The van der Waals surface area contributed by atoms with Crippen molar-refractivity contribution < 1.29 is 22.0 Å². The molecule has 1 aromatic rings. The van der Waals surface area contributed by atoms with Crippen LogP contribution in [0.25, 0.3) is 4.98 Å². The minimum atomic E-state index is 0.470. The summed E-state index contributed by atoms with van der Waals surface area (Å²) in [5, 5.41) is 8.82. The molecule has 1 rings (SSSR count). The third-order valence-electron chi connectivity index (χ3n) is 2.48. The molecule has 0 bridgehead atoms. The second-order valence-electron chi connectivity index (χ2n) is 3.36. The predicted molar refractivity (Wildman–Crippen MR) is 71.8 cm³/mol. The van der Waals surface area contributed by atoms with Crippen LogP contribution in [0, 0.1) is 5.39 Å². The monoisotopic (exact) mass is 319 g/mol. The summed E-state index contributed by atoms with van der Waals surface area (Å²) in [6.45, 7) is 8.56. The zero-order chi connectivity index (χ0) is 14.0. The number of benzene rings is 1. The van der Waals surface area contributed by atoms with Gasteiger partial charge in [-0.05, 0) is 26.8 Å². The molecule has 0 aromatic heterocycles. The van der Waals surface area contributed by atoms with Gasteiger partial charge in [-0.1, -0.05) is 0 Å². The van der Waals surface area contributed by atoms with Crippen molar-refractivity contribution in [3.63, 3.8) is 0 Å². The second kappa shape index (κ2) is 10.1. The van der Waals surface area contributed by atoms with Gasteiger partial charge in [0.15, 0.2) is 4.98 Å². The average molecular weight is 321 g/mol. The van der Waals surface area contributed by atoms with E-state index in [4.69, 9.17) is 19.8 Å². The van der Waals surface area contributed by atoms with Gasteiger partial charge in [-0.3, -0.25) is 0 Å². The number of hydrogen-bond donors (Lipinski definition) is 0. The summed E-state index contributed by atoms with van der Waals surface area (Å²) in [4.78, 5) is 5.41. The van der Waals surface area contributed by atoms with Crippen molar-refractivity contribution in [1.82, 2.24) is 0 Å². The van der Waals surface area contributed by atoms with Crippen molar-refractivity contribution in [2.75, 3.05) is 24.6 Å². The predicted octanol–water partition coefficient (Wildman–Crippen LogP) is 4.10. The van der Waals surface area contributed by atoms with E-state index in [1.165, 1.54) is 0 Å². The molecule has 0 saturated carbocycles. The third kappa shape index (κ3) is 4.80. The number of anilines is 1. The molecule has 0 heterocycles. The number of nitrogens with zero attached hydrogens (tertiary/aromatic N) is 3. The zero-order valence-electron chi connectivity index (χ0n) is 11.2. The molecule has 0 aliphatic rings. The summed E-state index contributed by atoms with van der Waals surface area (Å²) >= 11 is 0.847. The topological polar surface area (TPSA) is 40.6 Å². The molecule has 0 radical (unpaired) electrons. The zero-order valence-corrected chi connectivity index (χ0v) is 14.9. The molecule has 0 fully saturated rings. The molecule has 4 nitrogen and oxygen atoms in total. The van der Waals surface area contributed by atoms with E-state index >= 15 is 0 Å². The van der Waals surface area contributed by atoms with Crippen LogP contribution in [0.1, 0.15) is 20.8 Å². The van der Waals surface area contributed by atoms with Gasteiger partial charge in [-0.15, -0.1) is 0 Å². The molecule has 0 spiro atoms. The van der Waals surface area contributed by atoms with Crippen LogP contribution in [0.5, 0.6) is 5.75 Å². The van der Waals surface area contributed by atoms with Gasteiger partial charge in [0.2, 0.25) is 11.1 Å². The van der Waals surface area contributed by atoms with E-state index in [9.17, 15) is 0 Å². The van der Waals surface area contributed by atoms with Crippen LogP contribution >= 0.6 is 9.69 Å². The van der Waals surface area contributed by atoms with Crippen molar-refractivity contribution in [1.29, 1.82) is 5.39 Å². The summed E-state index contributed by atoms with van der Waals surface area (Å²) in [5.74, 6) is 0.620. The van der Waals surface area contributed by atoms with E-state index in [2.05, 4.69) is 23.7 Å². The maximum atomic E-state index is 8.82. The van der Waals surface area contributed by atoms with Gasteiger partial charge < -0.3 is 9.64 Å². The van der Waals surface area contributed by atoms with Crippen LogP contribution in [0.4, 0.5) is 11.4 Å². The van der Waals surface area contributed by atoms with Crippen LogP contribution in [0.15, 0.2) is 18.2 Å². The van der Waals surface area contributed by atoms with Crippen LogP contribution < -0.4 is 9.64 Å². The molecule has 0 amide bonds. The summed E-state index contributed by atoms with van der Waals surface area (Å²) in [6, 6.07) is 5.61. The quantitative estimate of drug-likeness (QED) is 0.605. The molecule has 0 aliphatic heterocycles. The first-order chi connectivity index (χ1) is 8.76. The maximum absolute atomic E-state index is 8.82. The van der Waals surface area contributed by atoms with Crippen LogP contribution in [0.3, 0.4) is 0 Å². The van der Waals surface area contributed by atoms with Gasteiger partial charge in [0.05, 0.1) is 6.61 Å². The van der Waals surface area contributed by atoms with E-state index in [1.807, 2.05) is 19.1 Å². The SMILES string of the molecule is CCOc1cc(N(CC)CC)ccc1[N+]#N.[Cl][Zn-]. The van der Waals surface area contributed by atoms with E-state index in [0.29, 0.717) is 18.0 Å². The Morgan fingerprint density at radius 2 is 1.89 bits per heavy atom. The molecule has 0 aliphatic carbocycles. The molecule has 0 saturated heterocycles. The van der Waals surface area contributed by atoms with Crippen molar-refractivity contribution >= 4 is 21.1 Å². The Labute approximate surface area is 123 Å². The molecule has 96 valence electrons. The number of diazo groups is 1. The molecular formula is C12H18ClN3OZn. The van der Waals surface area contributed by atoms with Crippen LogP contribution in [-0.4, -0.2) is 19.7 Å². The molecule has 1 aromatic carbocycles. The first kappa shape index (κ1) is 17.2. The minimum absolute atomic E-state index is 0.470. The van der Waals surface area contributed by atoms with E-state index in [0.717, 1.165) is 36.1 Å². The number of halogens is 1. The third-order valence-corrected chi connectivity index (χ3v) is 2.48. The van der Waals surface area contributed by atoms with Crippen molar-refractivity contribution in [2.45, 2.75) is 20.8 Å². The molecule has 6 heteroatoms. The summed E-state index contributed by atoms with van der Waals surface area (Å²) in [6.07, 6.45) is 0. The molecule has 0 atom stereocenters. The Balaban J connectivity index is 0.00000137. The Hall–Kier alpha value is -0.847. The Morgan fingerprint density at radius 3 is 2.33 bits per heavy atom. The normalized spacial score (nSPS) is 8.78. The standard InChI is InChI=1S/C12H18N3O.ClH.Zn/c1-4-15(5-2)10-7-8-11(14-13)12(9-10)16-6-3;;/h7-9H,4-6H2,1-3H3;1H;/q+1;;/p-1. The summed E-state index contributed by atoms with van der Waals surface area (Å²) < 4.78 is 5.43. The first-order valence-electron chi connectivity index (χ1n) is 5.90. The van der Waals surface area contributed by atoms with E-state index in [-0.39, 0.29) is 0 Å². The van der Waals surface area contributed by atoms with E-state index < -0.39 is 0 Å². The molecule has 18 heavy (non-hydrogen) atoms. The van der Waals surface area contributed by atoms with Crippen LogP contribution in [-0.2, 0) is 17.3 Å². The number of ether oxygens (including phenoxy) is 1. The fourth-order valence-corrected chi connectivity index (χ4v) is 1.64. The number of rotatable bonds is 5. The van der Waals surface area contributed by atoms with Crippen molar-refractivity contribution in [3.8, 4) is 5.75 Å². The Bertz CT molecular complexity index is 391. The molecule has 0 unspecified atom stereocenters. The Morgan fingerprint density at radius 1 is 1.28 bits per heavy atom. The fraction of sp³-hybridized carbons (Fsp3) is 0.500.